The number of rotatable bonds is 0. The van der Waals surface area contributed by atoms with Crippen LogP contribution in [0.3, 0.4) is 0 Å². The van der Waals surface area contributed by atoms with E-state index < -0.39 is 0 Å². The van der Waals surface area contributed by atoms with Gasteiger partial charge < -0.3 is 11.5 Å². The van der Waals surface area contributed by atoms with E-state index in [0.717, 1.165) is 0 Å². The van der Waals surface area contributed by atoms with Crippen LogP contribution in [0.5, 0.6) is 0 Å². The van der Waals surface area contributed by atoms with Crippen molar-refractivity contribution < 1.29 is 0 Å². The van der Waals surface area contributed by atoms with Gasteiger partial charge >= 0.3 is 0 Å². The molecule has 1 aliphatic rings. The van der Waals surface area contributed by atoms with Gasteiger partial charge in [0.15, 0.2) is 0 Å². The van der Waals surface area contributed by atoms with E-state index in [-0.39, 0.29) is 6.67 Å². The van der Waals surface area contributed by atoms with Crippen LogP contribution in [0.2, 0.25) is 0 Å². The molecule has 1 rings (SSSR count). The molecule has 1 aliphatic carbocycles. The van der Waals surface area contributed by atoms with Crippen LogP contribution in [0, 0.1) is 0 Å². The van der Waals surface area contributed by atoms with E-state index in [1.54, 1.807) is 0 Å². The van der Waals surface area contributed by atoms with Gasteiger partial charge in [-0.15, -0.1) is 0 Å². The second-order valence-corrected chi connectivity index (χ2v) is 1.65. The minimum absolute atomic E-state index is 0.250. The molecule has 1 saturated carbocycles. The molecule has 0 aromatic rings. The molecular weight excluding hydrogens is 88.1 g/mol. The molecule has 0 radical (unpaired) electrons. The van der Waals surface area contributed by atoms with Crippen LogP contribution in [0.1, 0.15) is 25.7 Å². The molecule has 0 saturated heterocycles. The molecule has 7 heavy (non-hydrogen) atoms. The second kappa shape index (κ2) is 5.92. The maximum absolute atomic E-state index is 4.62. The molecule has 0 bridgehead atoms. The standard InChI is InChI=1S/C4H8.CH6N2/c1-2-4-3-1;2-1-3/h1-4H2;1-3H2. The van der Waals surface area contributed by atoms with Crippen molar-refractivity contribution in [2.75, 3.05) is 6.67 Å². The van der Waals surface area contributed by atoms with Crippen molar-refractivity contribution in [3.05, 3.63) is 0 Å². The van der Waals surface area contributed by atoms with E-state index in [4.69, 9.17) is 0 Å². The highest BCUT2D eigenvalue weighted by atomic mass is 14.7. The van der Waals surface area contributed by atoms with Gasteiger partial charge in [0.1, 0.15) is 0 Å². The van der Waals surface area contributed by atoms with Crippen molar-refractivity contribution >= 4 is 0 Å². The van der Waals surface area contributed by atoms with Crippen molar-refractivity contribution in [2.24, 2.45) is 11.5 Å². The fraction of sp³-hybridized carbons (Fsp3) is 1.00. The van der Waals surface area contributed by atoms with Crippen molar-refractivity contribution in [1.82, 2.24) is 0 Å². The van der Waals surface area contributed by atoms with E-state index >= 15 is 0 Å². The van der Waals surface area contributed by atoms with Gasteiger partial charge in [-0.05, 0) is 0 Å². The summed E-state index contributed by atoms with van der Waals surface area (Å²) < 4.78 is 0. The van der Waals surface area contributed by atoms with Crippen LogP contribution in [0.4, 0.5) is 0 Å². The smallest absolute Gasteiger partial charge is 0.0403 e. The molecule has 2 heteroatoms. The van der Waals surface area contributed by atoms with Crippen LogP contribution < -0.4 is 11.5 Å². The minimum Gasteiger partial charge on any atom is -0.319 e. The van der Waals surface area contributed by atoms with Crippen molar-refractivity contribution in [3.63, 3.8) is 0 Å². The summed E-state index contributed by atoms with van der Waals surface area (Å²) in [4.78, 5) is 0. The molecule has 0 atom stereocenters. The van der Waals surface area contributed by atoms with Crippen LogP contribution >= 0.6 is 0 Å². The first kappa shape index (κ1) is 6.92. The fourth-order valence-electron chi connectivity index (χ4n) is 0.250. The van der Waals surface area contributed by atoms with Crippen LogP contribution in [-0.2, 0) is 0 Å². The highest BCUT2D eigenvalue weighted by Gasteiger charge is 1.95. The maximum Gasteiger partial charge on any atom is 0.0403 e. The lowest BCUT2D eigenvalue weighted by atomic mass is 10.0. The zero-order chi connectivity index (χ0) is 5.54. The van der Waals surface area contributed by atoms with Crippen molar-refractivity contribution in [3.8, 4) is 0 Å². The van der Waals surface area contributed by atoms with E-state index in [0.29, 0.717) is 0 Å². The minimum atomic E-state index is 0.250. The van der Waals surface area contributed by atoms with E-state index in [2.05, 4.69) is 11.5 Å². The summed E-state index contributed by atoms with van der Waals surface area (Å²) in [6.07, 6.45) is 6.00. The van der Waals surface area contributed by atoms with Gasteiger partial charge in [-0.2, -0.15) is 0 Å². The Kier molecular flexibility index (Phi) is 5.85. The Labute approximate surface area is 44.9 Å². The Morgan fingerprint density at radius 1 is 0.857 bits per heavy atom. The summed E-state index contributed by atoms with van der Waals surface area (Å²) in [5, 5.41) is 0. The van der Waals surface area contributed by atoms with Crippen LogP contribution in [-0.4, -0.2) is 6.67 Å². The summed E-state index contributed by atoms with van der Waals surface area (Å²) in [6.45, 7) is 0.250. The molecule has 4 N–H and O–H groups in total. The third-order valence-corrected chi connectivity index (χ3v) is 1.000. The zero-order valence-corrected chi connectivity index (χ0v) is 4.69. The van der Waals surface area contributed by atoms with Gasteiger partial charge in [0, 0.05) is 6.67 Å². The van der Waals surface area contributed by atoms with Gasteiger partial charge in [0.25, 0.3) is 0 Å². The average molecular weight is 102 g/mol. The summed E-state index contributed by atoms with van der Waals surface area (Å²) in [5.41, 5.74) is 9.25. The van der Waals surface area contributed by atoms with Crippen LogP contribution in [0.15, 0.2) is 0 Å². The lowest BCUT2D eigenvalue weighted by molar-refractivity contribution is 0.504. The van der Waals surface area contributed by atoms with E-state index in [9.17, 15) is 0 Å². The van der Waals surface area contributed by atoms with Gasteiger partial charge in [0.05, 0.1) is 0 Å². The maximum atomic E-state index is 4.62. The largest absolute Gasteiger partial charge is 0.319 e. The summed E-state index contributed by atoms with van der Waals surface area (Å²) in [7, 11) is 0. The monoisotopic (exact) mass is 102 g/mol. The lowest BCUT2D eigenvalue weighted by Gasteiger charge is -2.05. The number of hydrogen-bond acceptors (Lipinski definition) is 2. The second-order valence-electron chi connectivity index (χ2n) is 1.65. The SMILES string of the molecule is C1CCC1.NCN. The first-order valence-electron chi connectivity index (χ1n) is 2.82. The third-order valence-electron chi connectivity index (χ3n) is 1.000. The van der Waals surface area contributed by atoms with E-state index in [1.165, 1.54) is 25.7 Å². The predicted molar refractivity (Wildman–Crippen MR) is 31.7 cm³/mol. The summed E-state index contributed by atoms with van der Waals surface area (Å²) in [6, 6.07) is 0. The lowest BCUT2D eigenvalue weighted by Crippen LogP contribution is -2.08. The molecule has 44 valence electrons. The summed E-state index contributed by atoms with van der Waals surface area (Å²) in [5.74, 6) is 0. The Bertz CT molecular complexity index is 21.3. The van der Waals surface area contributed by atoms with Crippen molar-refractivity contribution in [2.45, 2.75) is 25.7 Å². The quantitative estimate of drug-likeness (QED) is 0.435. The Morgan fingerprint density at radius 3 is 1.00 bits per heavy atom. The predicted octanol–water partition coefficient (Wildman–Crippen LogP) is 0.422. The molecule has 0 heterocycles. The molecule has 1 fully saturated rings. The molecule has 0 aromatic carbocycles. The first-order valence-corrected chi connectivity index (χ1v) is 2.82. The fourth-order valence-corrected chi connectivity index (χ4v) is 0.250. The van der Waals surface area contributed by atoms with Gasteiger partial charge in [-0.25, -0.2) is 0 Å². The first-order chi connectivity index (χ1) is 3.41. The summed E-state index contributed by atoms with van der Waals surface area (Å²) >= 11 is 0. The van der Waals surface area contributed by atoms with Crippen LogP contribution in [0.25, 0.3) is 0 Å². The molecule has 0 aliphatic heterocycles. The average Bonchev–Trinajstić information content (AvgIpc) is 1.27. The molecule has 0 spiro atoms. The zero-order valence-electron chi connectivity index (χ0n) is 4.69. The Balaban J connectivity index is 0.000000110. The highest BCUT2D eigenvalue weighted by Crippen LogP contribution is 2.15. The van der Waals surface area contributed by atoms with Gasteiger partial charge in [-0.3, -0.25) is 0 Å². The normalized spacial score (nSPS) is 16.3. The van der Waals surface area contributed by atoms with Gasteiger partial charge in [0.2, 0.25) is 0 Å². The molecule has 2 nitrogen and oxygen atoms in total. The Morgan fingerprint density at radius 2 is 1.00 bits per heavy atom. The molecule has 0 unspecified atom stereocenters. The van der Waals surface area contributed by atoms with Gasteiger partial charge in [-0.1, -0.05) is 25.7 Å². The topological polar surface area (TPSA) is 52.0 Å². The molecular formula is C5H14N2. The van der Waals surface area contributed by atoms with E-state index in [1.807, 2.05) is 0 Å². The molecule has 0 aromatic heterocycles. The number of nitrogens with two attached hydrogens (primary N) is 2. The third kappa shape index (κ3) is 5.92. The van der Waals surface area contributed by atoms with Crippen molar-refractivity contribution in [1.29, 1.82) is 0 Å². The molecule has 0 amide bonds. The number of hydrogen-bond donors (Lipinski definition) is 2. The Hall–Kier alpha value is -0.0800. The highest BCUT2D eigenvalue weighted by molar-refractivity contribution is 4.50.